The van der Waals surface area contributed by atoms with Gasteiger partial charge in [0.15, 0.2) is 0 Å². The van der Waals surface area contributed by atoms with Crippen LogP contribution >= 0.6 is 0 Å². The zero-order valence-electron chi connectivity index (χ0n) is 13.5. The van der Waals surface area contributed by atoms with Crippen molar-refractivity contribution in [3.63, 3.8) is 0 Å². The van der Waals surface area contributed by atoms with E-state index >= 15 is 0 Å². The molecule has 116 valence electrons. The first-order valence-corrected chi connectivity index (χ1v) is 9.05. The Morgan fingerprint density at radius 1 is 1.05 bits per heavy atom. The molecule has 1 heterocycles. The van der Waals surface area contributed by atoms with E-state index in [1.165, 1.54) is 64.2 Å². The number of hydrogen-bond acceptors (Lipinski definition) is 2. The van der Waals surface area contributed by atoms with E-state index in [2.05, 4.69) is 19.3 Å². The fourth-order valence-corrected chi connectivity index (χ4v) is 5.42. The van der Waals surface area contributed by atoms with Gasteiger partial charge in [-0.1, -0.05) is 39.0 Å². The van der Waals surface area contributed by atoms with Gasteiger partial charge in [-0.2, -0.15) is 0 Å². The summed E-state index contributed by atoms with van der Waals surface area (Å²) in [7, 11) is 2.19. The molecule has 1 N–H and O–H groups in total. The van der Waals surface area contributed by atoms with Crippen LogP contribution in [-0.2, 0) is 4.74 Å². The van der Waals surface area contributed by atoms with Crippen molar-refractivity contribution in [3.8, 4) is 0 Å². The monoisotopic (exact) mass is 279 g/mol. The Morgan fingerprint density at radius 2 is 1.85 bits per heavy atom. The van der Waals surface area contributed by atoms with Crippen LogP contribution in [-0.4, -0.2) is 25.3 Å². The second-order valence-corrected chi connectivity index (χ2v) is 7.73. The van der Waals surface area contributed by atoms with Crippen LogP contribution in [0.15, 0.2) is 0 Å². The molecule has 4 atom stereocenters. The van der Waals surface area contributed by atoms with E-state index in [0.717, 1.165) is 30.4 Å². The lowest BCUT2D eigenvalue weighted by Gasteiger charge is -2.47. The first kappa shape index (κ1) is 14.8. The van der Waals surface area contributed by atoms with Crippen LogP contribution < -0.4 is 5.32 Å². The molecule has 4 unspecified atom stereocenters. The van der Waals surface area contributed by atoms with Crippen LogP contribution in [0.3, 0.4) is 0 Å². The molecule has 2 heteroatoms. The van der Waals surface area contributed by atoms with E-state index in [1.807, 2.05) is 0 Å². The lowest BCUT2D eigenvalue weighted by atomic mass is 9.71. The number of nitrogens with one attached hydrogen (secondary N) is 1. The highest BCUT2D eigenvalue weighted by Gasteiger charge is 2.43. The average molecular weight is 279 g/mol. The fourth-order valence-electron chi connectivity index (χ4n) is 5.42. The molecular formula is C18H33NO. The molecule has 0 aromatic heterocycles. The second kappa shape index (κ2) is 6.36. The Bertz CT molecular complexity index is 305. The second-order valence-electron chi connectivity index (χ2n) is 7.73. The normalized spacial score (nSPS) is 39.0. The molecule has 0 bridgehead atoms. The molecule has 0 aromatic rings. The van der Waals surface area contributed by atoms with E-state index in [-0.39, 0.29) is 5.60 Å². The van der Waals surface area contributed by atoms with Gasteiger partial charge in [-0.15, -0.1) is 0 Å². The Morgan fingerprint density at radius 3 is 2.50 bits per heavy atom. The summed E-state index contributed by atoms with van der Waals surface area (Å²) < 4.78 is 6.29. The topological polar surface area (TPSA) is 21.3 Å². The van der Waals surface area contributed by atoms with Gasteiger partial charge in [0, 0.05) is 12.6 Å². The molecule has 0 radical (unpaired) electrons. The molecule has 20 heavy (non-hydrogen) atoms. The first-order chi connectivity index (χ1) is 9.74. The third kappa shape index (κ3) is 2.92. The van der Waals surface area contributed by atoms with E-state index in [9.17, 15) is 0 Å². The lowest BCUT2D eigenvalue weighted by Crippen LogP contribution is -2.50. The van der Waals surface area contributed by atoms with Crippen molar-refractivity contribution in [1.29, 1.82) is 0 Å². The van der Waals surface area contributed by atoms with Crippen molar-refractivity contribution >= 4 is 0 Å². The Balaban J connectivity index is 1.68. The average Bonchev–Trinajstić information content (AvgIpc) is 2.87. The van der Waals surface area contributed by atoms with Crippen LogP contribution in [0.25, 0.3) is 0 Å². The highest BCUT2D eigenvalue weighted by molar-refractivity contribution is 4.96. The predicted molar refractivity (Wildman–Crippen MR) is 83.8 cm³/mol. The molecule has 0 aromatic carbocycles. The molecule has 2 nitrogen and oxygen atoms in total. The molecule has 3 fully saturated rings. The Kier molecular flexibility index (Phi) is 4.72. The van der Waals surface area contributed by atoms with Gasteiger partial charge >= 0.3 is 0 Å². The minimum Gasteiger partial charge on any atom is -0.375 e. The summed E-state index contributed by atoms with van der Waals surface area (Å²) in [6.45, 7) is 3.47. The van der Waals surface area contributed by atoms with E-state index in [1.54, 1.807) is 0 Å². The number of hydrogen-bond donors (Lipinski definition) is 1. The molecule has 2 aliphatic carbocycles. The summed E-state index contributed by atoms with van der Waals surface area (Å²) in [4.78, 5) is 0. The molecule has 1 aliphatic heterocycles. The van der Waals surface area contributed by atoms with Crippen molar-refractivity contribution in [2.45, 2.75) is 82.8 Å². The molecule has 3 aliphatic rings. The van der Waals surface area contributed by atoms with Crippen molar-refractivity contribution in [3.05, 3.63) is 0 Å². The van der Waals surface area contributed by atoms with Crippen LogP contribution in [0.1, 0.15) is 71.1 Å². The highest BCUT2D eigenvalue weighted by Crippen LogP contribution is 2.45. The largest absolute Gasteiger partial charge is 0.375 e. The van der Waals surface area contributed by atoms with Gasteiger partial charge in [0.25, 0.3) is 0 Å². The Hall–Kier alpha value is -0.0800. The third-order valence-corrected chi connectivity index (χ3v) is 6.53. The van der Waals surface area contributed by atoms with Crippen LogP contribution in [0.5, 0.6) is 0 Å². The number of ether oxygens (including phenoxy) is 1. The predicted octanol–water partition coefficient (Wildman–Crippen LogP) is 4.14. The van der Waals surface area contributed by atoms with E-state index in [0.29, 0.717) is 0 Å². The van der Waals surface area contributed by atoms with Crippen molar-refractivity contribution in [2.24, 2.45) is 17.8 Å². The minimum absolute atomic E-state index is 0.262. The maximum absolute atomic E-state index is 6.29. The molecule has 1 saturated heterocycles. The lowest BCUT2D eigenvalue weighted by molar-refractivity contribution is -0.124. The van der Waals surface area contributed by atoms with Gasteiger partial charge in [0.2, 0.25) is 0 Å². The van der Waals surface area contributed by atoms with Crippen LogP contribution in [0.2, 0.25) is 0 Å². The summed E-state index contributed by atoms with van der Waals surface area (Å²) in [6, 6.07) is 0.732. The molecule has 0 amide bonds. The van der Waals surface area contributed by atoms with Crippen molar-refractivity contribution in [1.82, 2.24) is 5.32 Å². The van der Waals surface area contributed by atoms with Gasteiger partial charge in [-0.05, 0) is 56.9 Å². The van der Waals surface area contributed by atoms with Gasteiger partial charge < -0.3 is 10.1 Å². The maximum atomic E-state index is 6.29. The van der Waals surface area contributed by atoms with Crippen molar-refractivity contribution in [2.75, 3.05) is 13.7 Å². The van der Waals surface area contributed by atoms with Gasteiger partial charge in [0.1, 0.15) is 0 Å². The zero-order valence-corrected chi connectivity index (χ0v) is 13.5. The maximum Gasteiger partial charge on any atom is 0.0685 e. The molecule has 2 saturated carbocycles. The van der Waals surface area contributed by atoms with Crippen molar-refractivity contribution < 1.29 is 4.74 Å². The van der Waals surface area contributed by atoms with Crippen LogP contribution in [0.4, 0.5) is 0 Å². The number of rotatable bonds is 3. The first-order valence-electron chi connectivity index (χ1n) is 9.05. The standard InChI is InChI=1S/C18H33NO/c1-14-7-6-8-16(14)17(19-2)15-9-12-20-18(13-15)10-4-3-5-11-18/h14-17,19H,3-13H2,1-2H3. The molecule has 1 spiro atoms. The fraction of sp³-hybridized carbons (Fsp3) is 1.00. The van der Waals surface area contributed by atoms with Crippen LogP contribution in [0, 0.1) is 17.8 Å². The summed E-state index contributed by atoms with van der Waals surface area (Å²) in [6.07, 6.45) is 13.8. The van der Waals surface area contributed by atoms with E-state index < -0.39 is 0 Å². The quantitative estimate of drug-likeness (QED) is 0.838. The van der Waals surface area contributed by atoms with Gasteiger partial charge in [-0.3, -0.25) is 0 Å². The SMILES string of the molecule is CNC(C1CCOC2(CCCCC2)C1)C1CCCC1C. The summed E-state index contributed by atoms with van der Waals surface area (Å²) in [5.74, 6) is 2.67. The summed E-state index contributed by atoms with van der Waals surface area (Å²) >= 11 is 0. The van der Waals surface area contributed by atoms with E-state index in [4.69, 9.17) is 4.74 Å². The van der Waals surface area contributed by atoms with Gasteiger partial charge in [0.05, 0.1) is 5.60 Å². The van der Waals surface area contributed by atoms with Gasteiger partial charge in [-0.25, -0.2) is 0 Å². The zero-order chi connectivity index (χ0) is 14.0. The minimum atomic E-state index is 0.262. The third-order valence-electron chi connectivity index (χ3n) is 6.53. The smallest absolute Gasteiger partial charge is 0.0685 e. The molecular weight excluding hydrogens is 246 g/mol. The highest BCUT2D eigenvalue weighted by atomic mass is 16.5. The molecule has 3 rings (SSSR count). The summed E-state index contributed by atoms with van der Waals surface area (Å²) in [5.41, 5.74) is 0.262. The Labute approximate surface area is 125 Å². The summed E-state index contributed by atoms with van der Waals surface area (Å²) in [5, 5.41) is 3.71.